The van der Waals surface area contributed by atoms with Gasteiger partial charge in [-0.2, -0.15) is 5.10 Å². The summed E-state index contributed by atoms with van der Waals surface area (Å²) in [6.07, 6.45) is 3.77. The molecule has 29 heavy (non-hydrogen) atoms. The van der Waals surface area contributed by atoms with Crippen LogP contribution in [0.1, 0.15) is 58.7 Å². The van der Waals surface area contributed by atoms with Gasteiger partial charge >= 0.3 is 0 Å². The quantitative estimate of drug-likeness (QED) is 0.800. The van der Waals surface area contributed by atoms with Gasteiger partial charge in [0.15, 0.2) is 0 Å². The second-order valence-corrected chi connectivity index (χ2v) is 7.87. The summed E-state index contributed by atoms with van der Waals surface area (Å²) >= 11 is 0. The first-order valence-corrected chi connectivity index (χ1v) is 10.4. The molecular weight excluding hydrogens is 368 g/mol. The number of rotatable bonds is 3. The number of nitrogens with zero attached hydrogens (tertiary/aromatic N) is 4. The van der Waals surface area contributed by atoms with Crippen molar-refractivity contribution in [2.24, 2.45) is 0 Å². The minimum Gasteiger partial charge on any atom is -0.491 e. The van der Waals surface area contributed by atoms with Crippen LogP contribution in [0, 0.1) is 6.92 Å². The van der Waals surface area contributed by atoms with Crippen LogP contribution in [0.2, 0.25) is 0 Å². The lowest BCUT2D eigenvalue weighted by Gasteiger charge is -2.26. The predicted molar refractivity (Wildman–Crippen MR) is 109 cm³/mol. The molecule has 1 saturated heterocycles. The van der Waals surface area contributed by atoms with Crippen LogP contribution in [0.3, 0.4) is 0 Å². The van der Waals surface area contributed by atoms with E-state index in [1.54, 1.807) is 6.20 Å². The van der Waals surface area contributed by atoms with Crippen LogP contribution >= 0.6 is 0 Å². The SMILES string of the molecule is CCn1ncc(C(=O)N2Cc3cc(C(=O)N4CCCC4)ccc3OC[C@@H]2C)c1C. The highest BCUT2D eigenvalue weighted by Gasteiger charge is 2.29. The molecule has 1 atom stereocenters. The van der Waals surface area contributed by atoms with E-state index in [1.807, 2.05) is 53.5 Å². The first-order valence-electron chi connectivity index (χ1n) is 10.4. The average Bonchev–Trinajstić information content (AvgIpc) is 3.35. The highest BCUT2D eigenvalue weighted by Crippen LogP contribution is 2.28. The molecule has 7 nitrogen and oxygen atoms in total. The van der Waals surface area contributed by atoms with Gasteiger partial charge < -0.3 is 14.5 Å². The van der Waals surface area contributed by atoms with Gasteiger partial charge in [-0.3, -0.25) is 14.3 Å². The molecule has 4 rings (SSSR count). The van der Waals surface area contributed by atoms with Crippen molar-refractivity contribution in [3.8, 4) is 5.75 Å². The van der Waals surface area contributed by atoms with Crippen molar-refractivity contribution in [1.82, 2.24) is 19.6 Å². The molecule has 0 spiro atoms. The first kappa shape index (κ1) is 19.5. The van der Waals surface area contributed by atoms with Crippen molar-refractivity contribution >= 4 is 11.8 Å². The molecule has 1 fully saturated rings. The van der Waals surface area contributed by atoms with Crippen LogP contribution in [-0.4, -0.2) is 57.1 Å². The topological polar surface area (TPSA) is 67.7 Å². The van der Waals surface area contributed by atoms with Crippen molar-refractivity contribution in [3.63, 3.8) is 0 Å². The number of ether oxygens (including phenoxy) is 1. The Morgan fingerprint density at radius 2 is 1.97 bits per heavy atom. The summed E-state index contributed by atoms with van der Waals surface area (Å²) in [5.74, 6) is 0.744. The molecular formula is C22H28N4O3. The molecule has 0 unspecified atom stereocenters. The molecule has 154 valence electrons. The van der Waals surface area contributed by atoms with Gasteiger partial charge in [0.05, 0.1) is 24.3 Å². The van der Waals surface area contributed by atoms with Gasteiger partial charge in [0.1, 0.15) is 12.4 Å². The number of carbonyl (C=O) groups is 2. The third kappa shape index (κ3) is 3.61. The summed E-state index contributed by atoms with van der Waals surface area (Å²) in [6, 6.07) is 5.49. The van der Waals surface area contributed by atoms with E-state index in [0.29, 0.717) is 24.3 Å². The van der Waals surface area contributed by atoms with Crippen LogP contribution in [0.4, 0.5) is 0 Å². The summed E-state index contributed by atoms with van der Waals surface area (Å²) in [5, 5.41) is 4.31. The summed E-state index contributed by atoms with van der Waals surface area (Å²) in [4.78, 5) is 29.8. The van der Waals surface area contributed by atoms with Crippen molar-refractivity contribution < 1.29 is 14.3 Å². The maximum atomic E-state index is 13.3. The standard InChI is InChI=1S/C22H28N4O3/c1-4-26-16(3)19(12-23-26)22(28)25-13-18-11-17(21(27)24-9-5-6-10-24)7-8-20(18)29-14-15(25)2/h7-8,11-12,15H,4-6,9-10,13-14H2,1-3H3/t15-/m0/s1. The molecule has 2 aliphatic rings. The molecule has 0 radical (unpaired) electrons. The van der Waals surface area contributed by atoms with Gasteiger partial charge in [0.25, 0.3) is 11.8 Å². The van der Waals surface area contributed by atoms with E-state index >= 15 is 0 Å². The molecule has 1 aromatic carbocycles. The number of benzene rings is 1. The number of amides is 2. The maximum absolute atomic E-state index is 13.3. The summed E-state index contributed by atoms with van der Waals surface area (Å²) in [5.41, 5.74) is 3.01. The Balaban J connectivity index is 1.62. The largest absolute Gasteiger partial charge is 0.491 e. The number of likely N-dealkylation sites (tertiary alicyclic amines) is 1. The number of fused-ring (bicyclic) bond motifs is 1. The zero-order valence-corrected chi connectivity index (χ0v) is 17.4. The highest BCUT2D eigenvalue weighted by atomic mass is 16.5. The lowest BCUT2D eigenvalue weighted by molar-refractivity contribution is 0.0644. The number of hydrogen-bond donors (Lipinski definition) is 0. The molecule has 0 bridgehead atoms. The van der Waals surface area contributed by atoms with Gasteiger partial charge in [0, 0.05) is 36.5 Å². The summed E-state index contributed by atoms with van der Waals surface area (Å²) < 4.78 is 7.78. The number of hydrogen-bond acceptors (Lipinski definition) is 4. The normalized spacial score (nSPS) is 18.9. The second kappa shape index (κ2) is 7.89. The minimum atomic E-state index is -0.0861. The van der Waals surface area contributed by atoms with E-state index < -0.39 is 0 Å². The molecule has 0 N–H and O–H groups in total. The van der Waals surface area contributed by atoms with Gasteiger partial charge in [-0.05, 0) is 51.8 Å². The molecule has 1 aromatic heterocycles. The van der Waals surface area contributed by atoms with E-state index in [2.05, 4.69) is 5.10 Å². The third-order valence-electron chi connectivity index (χ3n) is 5.95. The zero-order valence-electron chi connectivity index (χ0n) is 17.4. The predicted octanol–water partition coefficient (Wildman–Crippen LogP) is 2.87. The fraction of sp³-hybridized carbons (Fsp3) is 0.500. The molecule has 2 aliphatic heterocycles. The molecule has 2 aromatic rings. The average molecular weight is 396 g/mol. The third-order valence-corrected chi connectivity index (χ3v) is 5.95. The Labute approximate surface area is 171 Å². The van der Waals surface area contributed by atoms with Gasteiger partial charge in [-0.25, -0.2) is 0 Å². The second-order valence-electron chi connectivity index (χ2n) is 7.87. The van der Waals surface area contributed by atoms with Crippen LogP contribution in [0.15, 0.2) is 24.4 Å². The highest BCUT2D eigenvalue weighted by molar-refractivity contribution is 5.96. The smallest absolute Gasteiger partial charge is 0.257 e. The number of carbonyl (C=O) groups excluding carboxylic acids is 2. The Morgan fingerprint density at radius 3 is 2.66 bits per heavy atom. The van der Waals surface area contributed by atoms with Gasteiger partial charge in [0.2, 0.25) is 0 Å². The maximum Gasteiger partial charge on any atom is 0.257 e. The molecule has 3 heterocycles. The molecule has 0 aliphatic carbocycles. The summed E-state index contributed by atoms with van der Waals surface area (Å²) in [6.45, 7) is 9.09. The minimum absolute atomic E-state index is 0.0533. The lowest BCUT2D eigenvalue weighted by Crippen LogP contribution is -2.40. The van der Waals surface area contributed by atoms with Crippen molar-refractivity contribution in [2.45, 2.75) is 52.7 Å². The van der Waals surface area contributed by atoms with Crippen LogP contribution < -0.4 is 4.74 Å². The van der Waals surface area contributed by atoms with Crippen molar-refractivity contribution in [1.29, 1.82) is 0 Å². The Bertz CT molecular complexity index is 930. The first-order chi connectivity index (χ1) is 14.0. The fourth-order valence-corrected chi connectivity index (χ4v) is 4.12. The number of aromatic nitrogens is 2. The zero-order chi connectivity index (χ0) is 20.5. The van der Waals surface area contributed by atoms with Gasteiger partial charge in [-0.1, -0.05) is 0 Å². The molecule has 7 heteroatoms. The van der Waals surface area contributed by atoms with Crippen LogP contribution in [0.5, 0.6) is 5.75 Å². The van der Waals surface area contributed by atoms with Crippen molar-refractivity contribution in [2.75, 3.05) is 19.7 Å². The fourth-order valence-electron chi connectivity index (χ4n) is 4.12. The Hall–Kier alpha value is -2.83. The van der Waals surface area contributed by atoms with E-state index in [0.717, 1.165) is 49.5 Å². The Kier molecular flexibility index (Phi) is 5.30. The van der Waals surface area contributed by atoms with Crippen molar-refractivity contribution in [3.05, 3.63) is 46.8 Å². The van der Waals surface area contributed by atoms with Crippen LogP contribution in [-0.2, 0) is 13.1 Å². The van der Waals surface area contributed by atoms with E-state index in [9.17, 15) is 9.59 Å². The summed E-state index contributed by atoms with van der Waals surface area (Å²) in [7, 11) is 0. The monoisotopic (exact) mass is 396 g/mol. The lowest BCUT2D eigenvalue weighted by atomic mass is 10.1. The van der Waals surface area contributed by atoms with E-state index in [-0.39, 0.29) is 17.9 Å². The molecule has 2 amide bonds. The van der Waals surface area contributed by atoms with E-state index in [1.165, 1.54) is 0 Å². The molecule has 0 saturated carbocycles. The number of aryl methyl sites for hydroxylation is 1. The van der Waals surface area contributed by atoms with E-state index in [4.69, 9.17) is 4.74 Å². The van der Waals surface area contributed by atoms with Gasteiger partial charge in [-0.15, -0.1) is 0 Å². The van der Waals surface area contributed by atoms with Crippen LogP contribution in [0.25, 0.3) is 0 Å². The Morgan fingerprint density at radius 1 is 1.21 bits per heavy atom.